The summed E-state index contributed by atoms with van der Waals surface area (Å²) in [7, 11) is 1.47. The van der Waals surface area contributed by atoms with E-state index in [0.29, 0.717) is 22.8 Å². The minimum absolute atomic E-state index is 0. The van der Waals surface area contributed by atoms with Gasteiger partial charge in [0, 0.05) is 25.1 Å². The fraction of sp³-hybridized carbons (Fsp3) is 0.208. The van der Waals surface area contributed by atoms with Crippen molar-refractivity contribution < 1.29 is 83.7 Å². The number of ether oxygens (including phenoxy) is 1. The van der Waals surface area contributed by atoms with Gasteiger partial charge < -0.3 is 34.9 Å². The molecule has 0 aliphatic carbocycles. The molecule has 3 aromatic rings. The first-order chi connectivity index (χ1) is 15.6. The molecule has 1 atom stereocenters. The Hall–Kier alpha value is -2.27. The third kappa shape index (κ3) is 8.42. The number of hydrogen-bond donors (Lipinski definition) is 2. The maximum atomic E-state index is 12.5. The summed E-state index contributed by atoms with van der Waals surface area (Å²) in [5.74, 6) is -0.995. The first kappa shape index (κ1) is 30.8. The van der Waals surface area contributed by atoms with Crippen molar-refractivity contribution in [2.75, 3.05) is 5.32 Å². The van der Waals surface area contributed by atoms with Gasteiger partial charge >= 0.3 is 65.1 Å². The largest absolute Gasteiger partial charge is 1.00 e. The number of carbonyl (C=O) groups excluding carboxylic acids is 2. The molecule has 1 heterocycles. The number of urea groups is 1. The maximum Gasteiger partial charge on any atom is 1.00 e. The van der Waals surface area contributed by atoms with Crippen LogP contribution in [0.4, 0.5) is 10.5 Å². The van der Waals surface area contributed by atoms with Crippen molar-refractivity contribution >= 4 is 17.7 Å². The van der Waals surface area contributed by atoms with Gasteiger partial charge in [0.2, 0.25) is 0 Å². The summed E-state index contributed by atoms with van der Waals surface area (Å²) in [6.07, 6.45) is -0.530. The van der Waals surface area contributed by atoms with Gasteiger partial charge in [-0.25, -0.2) is 4.79 Å². The van der Waals surface area contributed by atoms with E-state index in [9.17, 15) is 24.6 Å². The average molecular weight is 495 g/mol. The molecule has 0 radical (unpaired) electrons. The zero-order valence-electron chi connectivity index (χ0n) is 20.4. The first-order valence-corrected chi connectivity index (χ1v) is 10.1. The van der Waals surface area contributed by atoms with Crippen LogP contribution in [-0.2, 0) is 11.8 Å². The van der Waals surface area contributed by atoms with Gasteiger partial charge in [0.1, 0.15) is 17.2 Å². The molecule has 11 heteroatoms. The molecule has 2 N–H and O–H groups in total. The van der Waals surface area contributed by atoms with Gasteiger partial charge in [-0.15, -0.1) is 0 Å². The summed E-state index contributed by atoms with van der Waals surface area (Å²) in [5, 5.41) is 28.2. The number of nitrogens with one attached hydrogen (secondary N) is 2. The number of aromatic nitrogens is 1. The molecule has 172 valence electrons. The van der Waals surface area contributed by atoms with Gasteiger partial charge in [0.05, 0.1) is 6.04 Å². The Balaban J connectivity index is 0.00000306. The summed E-state index contributed by atoms with van der Waals surface area (Å²) in [4.78, 5) is 36.2. The number of aryl methyl sites for hydroxylation is 2. The van der Waals surface area contributed by atoms with E-state index in [1.165, 1.54) is 17.7 Å². The number of carboxylic acid groups (broad SMARTS) is 1. The van der Waals surface area contributed by atoms with Crippen molar-refractivity contribution in [1.82, 2.24) is 9.88 Å². The van der Waals surface area contributed by atoms with Gasteiger partial charge in [-0.1, -0.05) is 35.6 Å². The van der Waals surface area contributed by atoms with Crippen molar-refractivity contribution in [3.05, 3.63) is 81.8 Å². The molecule has 0 fully saturated rings. The van der Waals surface area contributed by atoms with E-state index in [4.69, 9.17) is 4.74 Å². The Morgan fingerprint density at radius 1 is 1.03 bits per heavy atom. The second-order valence-electron chi connectivity index (χ2n) is 7.60. The molecule has 0 saturated carbocycles. The number of benzene rings is 2. The number of nitrogens with zero attached hydrogens (tertiary/aromatic N) is 1. The van der Waals surface area contributed by atoms with E-state index in [1.807, 2.05) is 19.1 Å². The fourth-order valence-corrected chi connectivity index (χ4v) is 3.17. The minimum atomic E-state index is -1.39. The van der Waals surface area contributed by atoms with Gasteiger partial charge in [-0.05, 0) is 49.7 Å². The summed E-state index contributed by atoms with van der Waals surface area (Å²) in [5.41, 5.74) is 0.864. The smallest absolute Gasteiger partial charge is 0.871 e. The Morgan fingerprint density at radius 2 is 1.69 bits per heavy atom. The normalized spacial score (nSPS) is 10.8. The predicted molar refractivity (Wildman–Crippen MR) is 118 cm³/mol. The molecule has 3 rings (SSSR count). The van der Waals surface area contributed by atoms with Crippen LogP contribution in [0.2, 0.25) is 0 Å². The molecule has 9 nitrogen and oxygen atoms in total. The van der Waals surface area contributed by atoms with E-state index >= 15 is 0 Å². The number of amides is 2. The second kappa shape index (κ2) is 13.7. The summed E-state index contributed by atoms with van der Waals surface area (Å²) in [6, 6.07) is 13.3. The van der Waals surface area contributed by atoms with E-state index in [2.05, 4.69) is 10.6 Å². The van der Waals surface area contributed by atoms with Gasteiger partial charge in [-0.3, -0.25) is 4.79 Å². The molecule has 2 aromatic carbocycles. The van der Waals surface area contributed by atoms with Crippen LogP contribution in [0.25, 0.3) is 0 Å². The van der Waals surface area contributed by atoms with Gasteiger partial charge in [-0.2, -0.15) is 0 Å². The van der Waals surface area contributed by atoms with E-state index < -0.39 is 41.5 Å². The number of rotatable bonds is 7. The average Bonchev–Trinajstić information content (AvgIpc) is 2.76. The molecule has 2 amide bonds. The Morgan fingerprint density at radius 3 is 2.31 bits per heavy atom. The minimum Gasteiger partial charge on any atom is -0.871 e. The Bertz CT molecular complexity index is 1240. The van der Waals surface area contributed by atoms with Crippen LogP contribution in [0.5, 0.6) is 17.2 Å². The van der Waals surface area contributed by atoms with E-state index in [1.54, 1.807) is 43.3 Å². The predicted octanol–water partition coefficient (Wildman–Crippen LogP) is -4.12. The first-order valence-electron chi connectivity index (χ1n) is 10.1. The molecular formula is C24H23N3Na2O6. The SMILES string of the molecule is Cc1ccc(Oc2cccc([C@H](CC(=O)[O-])NC(=O)Nc3c([O-])cc(C)n(C)c3=O)c2)cc1.[Na+].[Na+]. The number of carboxylic acids is 1. The Kier molecular flexibility index (Phi) is 12.1. The van der Waals surface area contributed by atoms with Crippen LogP contribution in [0.15, 0.2) is 59.4 Å². The quantitative estimate of drug-likeness (QED) is 0.320. The molecule has 0 spiro atoms. The van der Waals surface area contributed by atoms with Crippen LogP contribution in [0, 0.1) is 13.8 Å². The summed E-state index contributed by atoms with van der Waals surface area (Å²) >= 11 is 0. The zero-order valence-corrected chi connectivity index (χ0v) is 24.4. The Labute approximate surface area is 247 Å². The van der Waals surface area contributed by atoms with Crippen LogP contribution in [0.3, 0.4) is 0 Å². The third-order valence-electron chi connectivity index (χ3n) is 5.07. The molecule has 0 aliphatic heterocycles. The fourth-order valence-electron chi connectivity index (χ4n) is 3.17. The standard InChI is InChI=1S/C24H25N3O6.2Na/c1-14-7-9-17(10-8-14)33-18-6-4-5-16(12-18)19(13-21(29)30)25-24(32)26-22-20(28)11-15(2)27(3)23(22)31;;/h4-12,19,28H,13H2,1-3H3,(H,29,30)(H2,25,26,32);;/q;2*+1/p-2/t19-;;/m0../s1. The third-order valence-corrected chi connectivity index (χ3v) is 5.07. The number of aliphatic carboxylic acids is 1. The topological polar surface area (TPSA) is 136 Å². The number of carbonyl (C=O) groups is 2. The summed E-state index contributed by atoms with van der Waals surface area (Å²) in [6.45, 7) is 3.54. The molecule has 0 unspecified atom stereocenters. The molecule has 1 aromatic heterocycles. The van der Waals surface area contributed by atoms with Crippen LogP contribution in [-0.4, -0.2) is 16.6 Å². The molecule has 0 aliphatic rings. The molecular weight excluding hydrogens is 472 g/mol. The monoisotopic (exact) mass is 495 g/mol. The van der Waals surface area contributed by atoms with E-state index in [0.717, 1.165) is 5.56 Å². The van der Waals surface area contributed by atoms with Crippen LogP contribution >= 0.6 is 0 Å². The number of pyridine rings is 1. The van der Waals surface area contributed by atoms with Gasteiger partial charge in [0.25, 0.3) is 5.56 Å². The molecule has 0 saturated heterocycles. The van der Waals surface area contributed by atoms with Crippen molar-refractivity contribution in [2.24, 2.45) is 7.05 Å². The van der Waals surface area contributed by atoms with Crippen molar-refractivity contribution in [1.29, 1.82) is 0 Å². The summed E-state index contributed by atoms with van der Waals surface area (Å²) < 4.78 is 7.03. The zero-order chi connectivity index (χ0) is 24.1. The van der Waals surface area contributed by atoms with Crippen LogP contribution in [0.1, 0.15) is 29.3 Å². The second-order valence-corrected chi connectivity index (χ2v) is 7.60. The van der Waals surface area contributed by atoms with E-state index in [-0.39, 0.29) is 59.1 Å². The van der Waals surface area contributed by atoms with Crippen molar-refractivity contribution in [3.63, 3.8) is 0 Å². The molecule has 0 bridgehead atoms. The number of anilines is 1. The molecule has 35 heavy (non-hydrogen) atoms. The number of hydrogen-bond acceptors (Lipinski definition) is 6. The van der Waals surface area contributed by atoms with Crippen molar-refractivity contribution in [3.8, 4) is 17.2 Å². The van der Waals surface area contributed by atoms with Crippen LogP contribution < -0.4 is 90.3 Å². The maximum absolute atomic E-state index is 12.5. The van der Waals surface area contributed by atoms with Crippen molar-refractivity contribution in [2.45, 2.75) is 26.3 Å². The van der Waals surface area contributed by atoms with Gasteiger partial charge in [0.15, 0.2) is 0 Å².